The Kier molecular flexibility index (Phi) is 5.18. The van der Waals surface area contributed by atoms with Crippen LogP contribution in [0.5, 0.6) is 5.75 Å². The van der Waals surface area contributed by atoms with E-state index in [1.165, 1.54) is 11.8 Å². The number of allylic oxidation sites excluding steroid dienone is 1. The molecule has 29 heavy (non-hydrogen) atoms. The lowest BCUT2D eigenvalue weighted by Crippen LogP contribution is -2.00. The molecule has 0 saturated carbocycles. The highest BCUT2D eigenvalue weighted by molar-refractivity contribution is 7.99. The van der Waals surface area contributed by atoms with Crippen LogP contribution in [0, 0.1) is 11.3 Å². The van der Waals surface area contributed by atoms with Gasteiger partial charge in [-0.3, -0.25) is 4.57 Å². The number of nitrogens with one attached hydrogen (secondary N) is 1. The monoisotopic (exact) mass is 404 g/mol. The lowest BCUT2D eigenvalue weighted by atomic mass is 10.2. The Bertz CT molecular complexity index is 1200. The zero-order valence-electron chi connectivity index (χ0n) is 15.4. The molecule has 0 aliphatic rings. The Labute approximate surface area is 170 Å². The second-order valence-corrected chi connectivity index (χ2v) is 6.92. The van der Waals surface area contributed by atoms with Crippen molar-refractivity contribution in [2.75, 3.05) is 12.9 Å². The number of hydrogen-bond donors (Lipinski definition) is 2. The third-order valence-electron chi connectivity index (χ3n) is 4.23. The highest BCUT2D eigenvalue weighted by Crippen LogP contribution is 2.28. The van der Waals surface area contributed by atoms with Crippen LogP contribution in [0.1, 0.15) is 5.82 Å². The fourth-order valence-corrected chi connectivity index (χ4v) is 3.65. The predicted molar refractivity (Wildman–Crippen MR) is 110 cm³/mol. The van der Waals surface area contributed by atoms with Crippen molar-refractivity contribution in [1.29, 1.82) is 5.26 Å². The molecule has 0 unspecified atom stereocenters. The summed E-state index contributed by atoms with van der Waals surface area (Å²) in [7, 11) is 1.59. The second-order valence-electron chi connectivity index (χ2n) is 5.98. The summed E-state index contributed by atoms with van der Waals surface area (Å²) < 4.78 is 7.16. The molecule has 2 heterocycles. The minimum Gasteiger partial charge on any atom is -0.510 e. The van der Waals surface area contributed by atoms with Crippen LogP contribution in [-0.2, 0) is 0 Å². The number of aliphatic hydroxyl groups excluding tert-OH is 1. The van der Waals surface area contributed by atoms with Crippen LogP contribution < -0.4 is 4.74 Å². The zero-order valence-corrected chi connectivity index (χ0v) is 16.2. The summed E-state index contributed by atoms with van der Waals surface area (Å²) in [4.78, 5) is 7.45. The number of benzene rings is 2. The third-order valence-corrected chi connectivity index (χ3v) is 5.18. The number of nitrogens with zero attached hydrogens (tertiary/aromatic N) is 5. The third kappa shape index (κ3) is 3.66. The molecule has 0 saturated heterocycles. The number of aliphatic hydroxyl groups is 1. The molecule has 0 amide bonds. The highest BCUT2D eigenvalue weighted by atomic mass is 32.2. The Morgan fingerprint density at radius 3 is 2.83 bits per heavy atom. The van der Waals surface area contributed by atoms with Gasteiger partial charge in [-0.25, -0.2) is 4.98 Å². The number of fused-ring (bicyclic) bond motifs is 1. The number of para-hydroxylation sites is 4. The first-order chi connectivity index (χ1) is 14.2. The van der Waals surface area contributed by atoms with Gasteiger partial charge in [-0.05, 0) is 24.3 Å². The van der Waals surface area contributed by atoms with E-state index in [0.29, 0.717) is 16.7 Å². The van der Waals surface area contributed by atoms with Crippen LogP contribution in [0.15, 0.2) is 65.8 Å². The first-order valence-electron chi connectivity index (χ1n) is 8.65. The van der Waals surface area contributed by atoms with E-state index in [4.69, 9.17) is 4.74 Å². The van der Waals surface area contributed by atoms with E-state index < -0.39 is 0 Å². The number of rotatable bonds is 6. The predicted octanol–water partition coefficient (Wildman–Crippen LogP) is 3.74. The van der Waals surface area contributed by atoms with Crippen molar-refractivity contribution in [1.82, 2.24) is 24.7 Å². The second kappa shape index (κ2) is 8.08. The summed E-state index contributed by atoms with van der Waals surface area (Å²) in [5.74, 6) is 1.05. The first-order valence-corrected chi connectivity index (χ1v) is 9.63. The summed E-state index contributed by atoms with van der Waals surface area (Å²) in [6.07, 6.45) is 1.57. The van der Waals surface area contributed by atoms with E-state index in [9.17, 15) is 10.4 Å². The van der Waals surface area contributed by atoms with Crippen molar-refractivity contribution in [2.24, 2.45) is 0 Å². The average molecular weight is 404 g/mol. The van der Waals surface area contributed by atoms with Gasteiger partial charge in [-0.2, -0.15) is 5.26 Å². The van der Waals surface area contributed by atoms with Gasteiger partial charge in [-0.1, -0.05) is 36.0 Å². The van der Waals surface area contributed by atoms with Crippen molar-refractivity contribution in [3.8, 4) is 17.5 Å². The van der Waals surface area contributed by atoms with E-state index in [1.807, 2.05) is 54.6 Å². The maximum atomic E-state index is 10.5. The van der Waals surface area contributed by atoms with Crippen LogP contribution in [0.25, 0.3) is 22.3 Å². The normalized spacial score (nSPS) is 11.9. The number of imidazole rings is 1. The lowest BCUT2D eigenvalue weighted by Gasteiger charge is -2.10. The summed E-state index contributed by atoms with van der Waals surface area (Å²) in [6.45, 7) is 0. The van der Waals surface area contributed by atoms with Gasteiger partial charge in [0, 0.05) is 0 Å². The molecule has 8 nitrogen and oxygen atoms in total. The van der Waals surface area contributed by atoms with E-state index in [2.05, 4.69) is 20.2 Å². The molecular formula is C20H16N6O2S. The number of H-pyrrole nitrogens is 1. The average Bonchev–Trinajstić information content (AvgIpc) is 3.39. The molecule has 4 rings (SSSR count). The fourth-order valence-electron chi connectivity index (χ4n) is 2.85. The van der Waals surface area contributed by atoms with Crippen molar-refractivity contribution in [2.45, 2.75) is 5.16 Å². The molecule has 9 heteroatoms. The van der Waals surface area contributed by atoms with Crippen LogP contribution in [0.2, 0.25) is 0 Å². The minimum atomic E-state index is -0.0915. The van der Waals surface area contributed by atoms with Gasteiger partial charge in [0.2, 0.25) is 0 Å². The lowest BCUT2D eigenvalue weighted by molar-refractivity contribution is 0.412. The maximum Gasteiger partial charge on any atom is 0.196 e. The SMILES string of the molecule is COc1ccccc1-n1cnnc1SC/C(O)=C(\C#N)c1nc2ccccc2[nH]1. The quantitative estimate of drug-likeness (QED) is 0.286. The zero-order chi connectivity index (χ0) is 20.2. The van der Waals surface area contributed by atoms with Gasteiger partial charge >= 0.3 is 0 Å². The first kappa shape index (κ1) is 18.6. The molecule has 0 bridgehead atoms. The highest BCUT2D eigenvalue weighted by Gasteiger charge is 2.16. The molecule has 0 fully saturated rings. The molecule has 0 aliphatic carbocycles. The van der Waals surface area contributed by atoms with Crippen molar-refractivity contribution in [3.63, 3.8) is 0 Å². The van der Waals surface area contributed by atoms with E-state index in [1.54, 1.807) is 18.0 Å². The number of methoxy groups -OCH3 is 1. The molecule has 0 atom stereocenters. The van der Waals surface area contributed by atoms with Crippen molar-refractivity contribution < 1.29 is 9.84 Å². The van der Waals surface area contributed by atoms with Gasteiger partial charge in [0.25, 0.3) is 0 Å². The molecular weight excluding hydrogens is 388 g/mol. The Balaban J connectivity index is 1.60. The van der Waals surface area contributed by atoms with Crippen LogP contribution in [0.4, 0.5) is 0 Å². The Morgan fingerprint density at radius 2 is 2.03 bits per heavy atom. The molecule has 0 radical (unpaired) electrons. The van der Waals surface area contributed by atoms with Gasteiger partial charge in [0.15, 0.2) is 11.0 Å². The van der Waals surface area contributed by atoms with Crippen LogP contribution >= 0.6 is 11.8 Å². The Hall–Kier alpha value is -3.77. The largest absolute Gasteiger partial charge is 0.510 e. The maximum absolute atomic E-state index is 10.5. The van der Waals surface area contributed by atoms with E-state index in [-0.39, 0.29) is 17.1 Å². The van der Waals surface area contributed by atoms with Gasteiger partial charge in [0.05, 0.1) is 29.6 Å². The fraction of sp³-hybridized carbons (Fsp3) is 0.100. The number of aromatic nitrogens is 5. The molecule has 0 spiro atoms. The summed E-state index contributed by atoms with van der Waals surface area (Å²) in [6, 6.07) is 17.0. The number of ether oxygens (including phenoxy) is 1. The standard InChI is InChI=1S/C20H16N6O2S/c1-28-18-9-5-4-8-16(18)26-12-22-25-20(26)29-11-17(27)13(10-21)19-23-14-6-2-3-7-15(14)24-19/h2-9,12,27H,11H2,1H3,(H,23,24)/b17-13-. The van der Waals surface area contributed by atoms with Gasteiger partial charge in [0.1, 0.15) is 29.5 Å². The smallest absolute Gasteiger partial charge is 0.196 e. The minimum absolute atomic E-state index is 0.0915. The summed E-state index contributed by atoms with van der Waals surface area (Å²) >= 11 is 1.25. The van der Waals surface area contributed by atoms with Crippen LogP contribution in [-0.4, -0.2) is 42.7 Å². The number of thioether (sulfide) groups is 1. The van der Waals surface area contributed by atoms with Gasteiger partial charge in [-0.15, -0.1) is 10.2 Å². The summed E-state index contributed by atoms with van der Waals surface area (Å²) in [5.41, 5.74) is 2.40. The molecule has 0 aliphatic heterocycles. The molecule has 2 N–H and O–H groups in total. The van der Waals surface area contributed by atoms with Crippen LogP contribution in [0.3, 0.4) is 0 Å². The van der Waals surface area contributed by atoms with E-state index in [0.717, 1.165) is 16.7 Å². The topological polar surface area (TPSA) is 113 Å². The van der Waals surface area contributed by atoms with Crippen molar-refractivity contribution >= 4 is 28.4 Å². The molecule has 2 aromatic heterocycles. The van der Waals surface area contributed by atoms with Crippen molar-refractivity contribution in [3.05, 3.63) is 66.4 Å². The summed E-state index contributed by atoms with van der Waals surface area (Å²) in [5, 5.41) is 28.7. The number of nitriles is 1. The molecule has 144 valence electrons. The van der Waals surface area contributed by atoms with E-state index >= 15 is 0 Å². The number of aromatic amines is 1. The number of hydrogen-bond acceptors (Lipinski definition) is 7. The van der Waals surface area contributed by atoms with Gasteiger partial charge < -0.3 is 14.8 Å². The molecule has 2 aromatic carbocycles. The Morgan fingerprint density at radius 1 is 1.24 bits per heavy atom. The molecule has 4 aromatic rings.